The van der Waals surface area contributed by atoms with E-state index in [1.54, 1.807) is 18.2 Å². The van der Waals surface area contributed by atoms with Crippen LogP contribution in [0, 0.1) is 11.3 Å². The Morgan fingerprint density at radius 3 is 3.00 bits per heavy atom. The van der Waals surface area contributed by atoms with Crippen molar-refractivity contribution in [3.63, 3.8) is 0 Å². The summed E-state index contributed by atoms with van der Waals surface area (Å²) in [6, 6.07) is 6.35. The number of nitrogens with one attached hydrogen (secondary N) is 2. The average molecular weight is 278 g/mol. The van der Waals surface area contributed by atoms with E-state index in [9.17, 15) is 9.59 Å². The standard InChI is InChI=1S/C12H8ClN3O3/c13-7-1-2-10-8(5-7)12(18)9(6-19-10)15-16-11(17)3-4-14/h1-2,5-6,15H,3H2,(H,16,17). The zero-order valence-electron chi connectivity index (χ0n) is 9.57. The maximum Gasteiger partial charge on any atom is 0.252 e. The van der Waals surface area contributed by atoms with Gasteiger partial charge < -0.3 is 4.42 Å². The number of hydrazine groups is 1. The van der Waals surface area contributed by atoms with Crippen LogP contribution in [0.15, 0.2) is 33.7 Å². The molecule has 0 saturated carbocycles. The van der Waals surface area contributed by atoms with Gasteiger partial charge in [-0.15, -0.1) is 0 Å². The number of carbonyl (C=O) groups excluding carboxylic acids is 1. The highest BCUT2D eigenvalue weighted by molar-refractivity contribution is 6.31. The molecule has 0 unspecified atom stereocenters. The number of rotatable bonds is 3. The normalized spacial score (nSPS) is 9.89. The number of fused-ring (bicyclic) bond motifs is 1. The first-order valence-electron chi connectivity index (χ1n) is 5.24. The predicted molar refractivity (Wildman–Crippen MR) is 69.5 cm³/mol. The zero-order valence-corrected chi connectivity index (χ0v) is 10.3. The molecule has 1 amide bonds. The number of hydrogen-bond acceptors (Lipinski definition) is 5. The van der Waals surface area contributed by atoms with Gasteiger partial charge in [-0.1, -0.05) is 11.6 Å². The number of carbonyl (C=O) groups is 1. The van der Waals surface area contributed by atoms with E-state index in [-0.39, 0.29) is 17.5 Å². The van der Waals surface area contributed by atoms with E-state index in [0.717, 1.165) is 0 Å². The third-order valence-corrected chi connectivity index (χ3v) is 2.55. The van der Waals surface area contributed by atoms with Crippen molar-refractivity contribution in [2.75, 3.05) is 5.43 Å². The molecule has 19 heavy (non-hydrogen) atoms. The summed E-state index contributed by atoms with van der Waals surface area (Å²) >= 11 is 5.81. The van der Waals surface area contributed by atoms with Crippen molar-refractivity contribution in [3.05, 3.63) is 39.7 Å². The molecule has 6 nitrogen and oxygen atoms in total. The monoisotopic (exact) mass is 277 g/mol. The van der Waals surface area contributed by atoms with Crippen molar-refractivity contribution in [3.8, 4) is 6.07 Å². The van der Waals surface area contributed by atoms with E-state index in [0.29, 0.717) is 16.0 Å². The van der Waals surface area contributed by atoms with E-state index in [4.69, 9.17) is 21.3 Å². The van der Waals surface area contributed by atoms with Crippen molar-refractivity contribution in [2.45, 2.75) is 6.42 Å². The third kappa shape index (κ3) is 2.84. The van der Waals surface area contributed by atoms with E-state index < -0.39 is 5.91 Å². The summed E-state index contributed by atoms with van der Waals surface area (Å²) in [5.74, 6) is -0.548. The number of halogens is 1. The minimum Gasteiger partial charge on any atom is -0.462 e. The Balaban J connectivity index is 2.30. The fraction of sp³-hybridized carbons (Fsp3) is 0.0833. The third-order valence-electron chi connectivity index (χ3n) is 2.31. The highest BCUT2D eigenvalue weighted by atomic mass is 35.5. The molecule has 2 N–H and O–H groups in total. The lowest BCUT2D eigenvalue weighted by Crippen LogP contribution is -2.31. The summed E-state index contributed by atoms with van der Waals surface area (Å²) < 4.78 is 5.23. The molecule has 0 bridgehead atoms. The van der Waals surface area contributed by atoms with Crippen LogP contribution in [-0.4, -0.2) is 5.91 Å². The number of benzene rings is 1. The fourth-order valence-corrected chi connectivity index (χ4v) is 1.61. The van der Waals surface area contributed by atoms with E-state index in [1.165, 1.54) is 12.3 Å². The second-order valence-electron chi connectivity index (χ2n) is 3.63. The molecular weight excluding hydrogens is 270 g/mol. The molecule has 1 aromatic carbocycles. The van der Waals surface area contributed by atoms with Gasteiger partial charge in [-0.3, -0.25) is 20.4 Å². The number of amides is 1. The minimum absolute atomic E-state index is 0.0565. The second kappa shape index (κ2) is 5.42. The molecule has 0 aliphatic rings. The summed E-state index contributed by atoms with van der Waals surface area (Å²) in [6.07, 6.45) is 0.878. The number of anilines is 1. The Bertz CT molecular complexity index is 733. The molecule has 2 aromatic rings. The Morgan fingerprint density at radius 1 is 1.47 bits per heavy atom. The van der Waals surface area contributed by atoms with Crippen molar-refractivity contribution >= 4 is 34.2 Å². The molecule has 0 saturated heterocycles. The number of hydrogen-bond donors (Lipinski definition) is 2. The first-order valence-corrected chi connectivity index (χ1v) is 5.62. The SMILES string of the molecule is N#CCC(=O)NNc1coc2ccc(Cl)cc2c1=O. The summed E-state index contributed by atoms with van der Waals surface area (Å²) in [4.78, 5) is 23.1. The smallest absolute Gasteiger partial charge is 0.252 e. The van der Waals surface area contributed by atoms with Crippen LogP contribution >= 0.6 is 11.6 Å². The molecule has 2 rings (SSSR count). The van der Waals surface area contributed by atoms with Crippen LogP contribution in [0.4, 0.5) is 5.69 Å². The van der Waals surface area contributed by atoms with Crippen LogP contribution in [0.25, 0.3) is 11.0 Å². The van der Waals surface area contributed by atoms with Gasteiger partial charge in [0.25, 0.3) is 5.91 Å². The zero-order chi connectivity index (χ0) is 13.8. The molecule has 1 aromatic heterocycles. The molecule has 0 radical (unpaired) electrons. The van der Waals surface area contributed by atoms with Crippen LogP contribution in [0.5, 0.6) is 0 Å². The summed E-state index contributed by atoms with van der Waals surface area (Å²) in [5.41, 5.74) is 4.71. The van der Waals surface area contributed by atoms with Gasteiger partial charge >= 0.3 is 0 Å². The molecule has 0 aliphatic heterocycles. The van der Waals surface area contributed by atoms with Gasteiger partial charge in [0.15, 0.2) is 0 Å². The van der Waals surface area contributed by atoms with Crippen LogP contribution in [-0.2, 0) is 4.79 Å². The lowest BCUT2D eigenvalue weighted by molar-refractivity contribution is -0.119. The topological polar surface area (TPSA) is 95.1 Å². The molecule has 96 valence electrons. The fourth-order valence-electron chi connectivity index (χ4n) is 1.44. The highest BCUT2D eigenvalue weighted by Crippen LogP contribution is 2.18. The van der Waals surface area contributed by atoms with Gasteiger partial charge in [-0.05, 0) is 18.2 Å². The Kier molecular flexibility index (Phi) is 3.68. The first kappa shape index (κ1) is 12.9. The van der Waals surface area contributed by atoms with E-state index in [2.05, 4.69) is 10.9 Å². The van der Waals surface area contributed by atoms with Gasteiger partial charge in [0.05, 0.1) is 11.5 Å². The maximum absolute atomic E-state index is 12.1. The molecular formula is C12H8ClN3O3. The average Bonchev–Trinajstić information content (AvgIpc) is 2.39. The molecule has 1 heterocycles. The molecule has 0 spiro atoms. The lowest BCUT2D eigenvalue weighted by atomic mass is 10.2. The van der Waals surface area contributed by atoms with E-state index in [1.807, 2.05) is 0 Å². The number of nitrogens with zero attached hydrogens (tertiary/aromatic N) is 1. The second-order valence-corrected chi connectivity index (χ2v) is 4.06. The first-order chi connectivity index (χ1) is 9.11. The van der Waals surface area contributed by atoms with Gasteiger partial charge in [-0.2, -0.15) is 5.26 Å². The van der Waals surface area contributed by atoms with Gasteiger partial charge in [0.1, 0.15) is 24.0 Å². The predicted octanol–water partition coefficient (Wildman–Crippen LogP) is 1.80. The molecule has 0 fully saturated rings. The van der Waals surface area contributed by atoms with Crippen molar-refractivity contribution < 1.29 is 9.21 Å². The van der Waals surface area contributed by atoms with Crippen LogP contribution in [0.2, 0.25) is 5.02 Å². The van der Waals surface area contributed by atoms with E-state index >= 15 is 0 Å². The van der Waals surface area contributed by atoms with Crippen LogP contribution < -0.4 is 16.3 Å². The van der Waals surface area contributed by atoms with Gasteiger partial charge in [-0.25, -0.2) is 0 Å². The molecule has 7 heteroatoms. The Hall–Kier alpha value is -2.52. The van der Waals surface area contributed by atoms with Gasteiger partial charge in [0, 0.05) is 5.02 Å². The maximum atomic E-state index is 12.1. The van der Waals surface area contributed by atoms with Crippen molar-refractivity contribution in [1.29, 1.82) is 5.26 Å². The largest absolute Gasteiger partial charge is 0.462 e. The quantitative estimate of drug-likeness (QED) is 0.834. The summed E-state index contributed by atoms with van der Waals surface area (Å²) in [5, 5.41) is 9.03. The summed E-state index contributed by atoms with van der Waals surface area (Å²) in [6.45, 7) is 0. The molecule has 0 atom stereocenters. The van der Waals surface area contributed by atoms with Gasteiger partial charge in [0.2, 0.25) is 5.43 Å². The Morgan fingerprint density at radius 2 is 2.26 bits per heavy atom. The lowest BCUT2D eigenvalue weighted by Gasteiger charge is -2.06. The Labute approximate surface area is 112 Å². The van der Waals surface area contributed by atoms with Crippen molar-refractivity contribution in [2.24, 2.45) is 0 Å². The molecule has 0 aliphatic carbocycles. The minimum atomic E-state index is -0.548. The summed E-state index contributed by atoms with van der Waals surface area (Å²) in [7, 11) is 0. The number of nitriles is 1. The van der Waals surface area contributed by atoms with Crippen LogP contribution in [0.3, 0.4) is 0 Å². The van der Waals surface area contributed by atoms with Crippen molar-refractivity contribution in [1.82, 2.24) is 5.43 Å². The highest BCUT2D eigenvalue weighted by Gasteiger charge is 2.08. The van der Waals surface area contributed by atoms with Crippen LogP contribution in [0.1, 0.15) is 6.42 Å².